The molecule has 1 atom stereocenters. The van der Waals surface area contributed by atoms with Crippen LogP contribution in [0.1, 0.15) is 13.3 Å². The first-order valence-electron chi connectivity index (χ1n) is 4.60. The zero-order chi connectivity index (χ0) is 10.1. The minimum atomic E-state index is -0.347. The van der Waals surface area contributed by atoms with Gasteiger partial charge in [-0.05, 0) is 12.5 Å². The Labute approximate surface area is 87.0 Å². The number of ether oxygens (including phenoxy) is 1. The van der Waals surface area contributed by atoms with Crippen LogP contribution >= 0.6 is 11.6 Å². The highest BCUT2D eigenvalue weighted by atomic mass is 35.5. The van der Waals surface area contributed by atoms with Crippen molar-refractivity contribution >= 4 is 17.3 Å². The number of hydrogen-bond acceptors (Lipinski definition) is 2. The first-order valence-corrected chi connectivity index (χ1v) is 4.98. The van der Waals surface area contributed by atoms with Crippen molar-refractivity contribution in [2.75, 3.05) is 11.9 Å². The van der Waals surface area contributed by atoms with E-state index in [1.165, 1.54) is 12.1 Å². The third kappa shape index (κ3) is 1.64. The lowest BCUT2D eigenvalue weighted by Gasteiger charge is -2.27. The maximum absolute atomic E-state index is 13.0. The van der Waals surface area contributed by atoms with Gasteiger partial charge >= 0.3 is 0 Å². The highest BCUT2D eigenvalue weighted by Crippen LogP contribution is 2.37. The number of fused-ring (bicyclic) bond motifs is 1. The zero-order valence-corrected chi connectivity index (χ0v) is 8.57. The van der Waals surface area contributed by atoms with E-state index in [0.29, 0.717) is 23.0 Å². The van der Waals surface area contributed by atoms with E-state index >= 15 is 0 Å². The number of anilines is 1. The van der Waals surface area contributed by atoms with Gasteiger partial charge in [-0.2, -0.15) is 0 Å². The Morgan fingerprint density at radius 1 is 1.64 bits per heavy atom. The fourth-order valence-corrected chi connectivity index (χ4v) is 1.72. The molecule has 1 aliphatic heterocycles. The monoisotopic (exact) mass is 215 g/mol. The van der Waals surface area contributed by atoms with Crippen LogP contribution in [0.3, 0.4) is 0 Å². The van der Waals surface area contributed by atoms with Crippen molar-refractivity contribution in [3.8, 4) is 5.75 Å². The van der Waals surface area contributed by atoms with Gasteiger partial charge in [0.25, 0.3) is 0 Å². The molecule has 0 aromatic heterocycles. The molecule has 0 saturated heterocycles. The van der Waals surface area contributed by atoms with Crippen LogP contribution < -0.4 is 10.1 Å². The van der Waals surface area contributed by atoms with Crippen LogP contribution in [0.5, 0.6) is 5.75 Å². The Morgan fingerprint density at radius 2 is 2.43 bits per heavy atom. The number of hydrogen-bond donors (Lipinski definition) is 1. The lowest BCUT2D eigenvalue weighted by Crippen LogP contribution is -2.30. The third-order valence-corrected chi connectivity index (χ3v) is 2.55. The van der Waals surface area contributed by atoms with Crippen LogP contribution in [0, 0.1) is 5.82 Å². The van der Waals surface area contributed by atoms with Crippen molar-refractivity contribution in [3.05, 3.63) is 23.0 Å². The number of benzene rings is 1. The van der Waals surface area contributed by atoms with Crippen LogP contribution in [0.4, 0.5) is 10.1 Å². The molecular formula is C10H11ClFNO. The summed E-state index contributed by atoms with van der Waals surface area (Å²) < 4.78 is 18.6. The largest absolute Gasteiger partial charge is 0.485 e. The van der Waals surface area contributed by atoms with Crippen molar-refractivity contribution in [3.63, 3.8) is 0 Å². The minimum Gasteiger partial charge on any atom is -0.485 e. The van der Waals surface area contributed by atoms with Crippen molar-refractivity contribution in [1.82, 2.24) is 0 Å². The Kier molecular flexibility index (Phi) is 2.50. The average Bonchev–Trinajstić information content (AvgIpc) is 2.17. The maximum Gasteiger partial charge on any atom is 0.161 e. The van der Waals surface area contributed by atoms with E-state index in [-0.39, 0.29) is 11.9 Å². The van der Waals surface area contributed by atoms with Crippen LogP contribution in [-0.2, 0) is 0 Å². The predicted molar refractivity (Wildman–Crippen MR) is 54.6 cm³/mol. The SMILES string of the molecule is CCC1CNc2cc(F)cc(Cl)c2O1. The minimum absolute atomic E-state index is 0.116. The first-order chi connectivity index (χ1) is 6.70. The Hall–Kier alpha value is -0.960. The molecule has 1 unspecified atom stereocenters. The number of nitrogens with one attached hydrogen (secondary N) is 1. The lowest BCUT2D eigenvalue weighted by molar-refractivity contribution is 0.201. The maximum atomic E-state index is 13.0. The van der Waals surface area contributed by atoms with Gasteiger partial charge in [-0.1, -0.05) is 18.5 Å². The summed E-state index contributed by atoms with van der Waals surface area (Å²) in [6.45, 7) is 2.73. The average molecular weight is 216 g/mol. The Balaban J connectivity index is 2.37. The Morgan fingerprint density at radius 3 is 3.14 bits per heavy atom. The van der Waals surface area contributed by atoms with Gasteiger partial charge in [0, 0.05) is 6.07 Å². The van der Waals surface area contributed by atoms with Crippen LogP contribution in [0.15, 0.2) is 12.1 Å². The number of rotatable bonds is 1. The van der Waals surface area contributed by atoms with E-state index in [1.54, 1.807) is 0 Å². The predicted octanol–water partition coefficient (Wildman–Crippen LogP) is 3.06. The molecule has 1 heterocycles. The van der Waals surface area contributed by atoms with Crippen LogP contribution in [0.25, 0.3) is 0 Å². The molecule has 0 saturated carbocycles. The summed E-state index contributed by atoms with van der Waals surface area (Å²) in [5.74, 6) is 0.214. The van der Waals surface area contributed by atoms with Gasteiger partial charge in [0.2, 0.25) is 0 Å². The standard InChI is InChI=1S/C10H11ClFNO/c1-2-7-5-13-9-4-6(12)3-8(11)10(9)14-7/h3-4,7,13H,2,5H2,1H3. The van der Waals surface area contributed by atoms with E-state index in [1.807, 2.05) is 6.92 Å². The second kappa shape index (κ2) is 3.65. The fraction of sp³-hybridized carbons (Fsp3) is 0.400. The molecule has 0 radical (unpaired) electrons. The molecule has 0 spiro atoms. The summed E-state index contributed by atoms with van der Waals surface area (Å²) in [6.07, 6.45) is 1.02. The van der Waals surface area contributed by atoms with Crippen molar-refractivity contribution < 1.29 is 9.13 Å². The van der Waals surface area contributed by atoms with Crippen molar-refractivity contribution in [2.24, 2.45) is 0 Å². The van der Waals surface area contributed by atoms with Crippen molar-refractivity contribution in [1.29, 1.82) is 0 Å². The normalized spacial score (nSPS) is 19.5. The molecule has 0 bridgehead atoms. The van der Waals surface area contributed by atoms with Gasteiger partial charge in [-0.3, -0.25) is 0 Å². The molecule has 1 aromatic rings. The quantitative estimate of drug-likeness (QED) is 0.778. The highest BCUT2D eigenvalue weighted by molar-refractivity contribution is 6.32. The molecule has 0 amide bonds. The fourth-order valence-electron chi connectivity index (χ4n) is 1.47. The lowest BCUT2D eigenvalue weighted by atomic mass is 10.2. The molecule has 14 heavy (non-hydrogen) atoms. The number of halogens is 2. The highest BCUT2D eigenvalue weighted by Gasteiger charge is 2.20. The second-order valence-corrected chi connectivity index (χ2v) is 3.70. The molecule has 1 aromatic carbocycles. The Bertz CT molecular complexity index is 356. The van der Waals surface area contributed by atoms with E-state index in [9.17, 15) is 4.39 Å². The summed E-state index contributed by atoms with van der Waals surface area (Å²) in [5.41, 5.74) is 0.639. The zero-order valence-electron chi connectivity index (χ0n) is 7.81. The molecule has 1 N–H and O–H groups in total. The topological polar surface area (TPSA) is 21.3 Å². The third-order valence-electron chi connectivity index (χ3n) is 2.27. The molecule has 0 fully saturated rings. The smallest absolute Gasteiger partial charge is 0.161 e. The molecule has 76 valence electrons. The van der Waals surface area contributed by atoms with E-state index in [0.717, 1.165) is 6.42 Å². The molecule has 2 nitrogen and oxygen atoms in total. The summed E-state index contributed by atoms with van der Waals surface area (Å²) in [4.78, 5) is 0. The summed E-state index contributed by atoms with van der Waals surface area (Å²) in [6, 6.07) is 2.66. The molecule has 0 aliphatic carbocycles. The molecule has 1 aliphatic rings. The summed E-state index contributed by atoms with van der Waals surface area (Å²) in [5, 5.41) is 3.42. The van der Waals surface area contributed by atoms with Crippen LogP contribution in [0.2, 0.25) is 5.02 Å². The molecule has 4 heteroatoms. The summed E-state index contributed by atoms with van der Waals surface area (Å²) >= 11 is 5.86. The van der Waals surface area contributed by atoms with Gasteiger partial charge in [0.05, 0.1) is 17.3 Å². The first kappa shape index (κ1) is 9.59. The van der Waals surface area contributed by atoms with Gasteiger partial charge in [0.15, 0.2) is 5.75 Å². The van der Waals surface area contributed by atoms with Gasteiger partial charge in [0.1, 0.15) is 11.9 Å². The second-order valence-electron chi connectivity index (χ2n) is 3.29. The van der Waals surface area contributed by atoms with Crippen LogP contribution in [-0.4, -0.2) is 12.6 Å². The van der Waals surface area contributed by atoms with E-state index < -0.39 is 0 Å². The van der Waals surface area contributed by atoms with Gasteiger partial charge in [-0.25, -0.2) is 4.39 Å². The van der Waals surface area contributed by atoms with Gasteiger partial charge in [-0.15, -0.1) is 0 Å². The molecular weight excluding hydrogens is 205 g/mol. The van der Waals surface area contributed by atoms with E-state index in [4.69, 9.17) is 16.3 Å². The van der Waals surface area contributed by atoms with Crippen molar-refractivity contribution in [2.45, 2.75) is 19.4 Å². The molecule has 2 rings (SSSR count). The summed E-state index contributed by atoms with van der Waals surface area (Å²) in [7, 11) is 0. The van der Waals surface area contributed by atoms with Gasteiger partial charge < -0.3 is 10.1 Å². The van der Waals surface area contributed by atoms with E-state index in [2.05, 4.69) is 5.32 Å².